The number of carbonyl (C=O) groups is 3. The van der Waals surface area contributed by atoms with Crippen LogP contribution in [0.4, 0.5) is 11.4 Å². The Kier molecular flexibility index (Phi) is 7.44. The maximum Gasteiger partial charge on any atom is 0.335 e. The van der Waals surface area contributed by atoms with Crippen LogP contribution in [0.5, 0.6) is 11.5 Å². The number of benzene rings is 3. The second-order valence-corrected chi connectivity index (χ2v) is 7.42. The van der Waals surface area contributed by atoms with Gasteiger partial charge in [-0.05, 0) is 48.5 Å². The summed E-state index contributed by atoms with van der Waals surface area (Å²) < 4.78 is 10.4. The number of methoxy groups -OCH3 is 2. The van der Waals surface area contributed by atoms with Crippen molar-refractivity contribution in [1.82, 2.24) is 0 Å². The minimum absolute atomic E-state index is 0.0664. The van der Waals surface area contributed by atoms with Gasteiger partial charge in [-0.15, -0.1) is 0 Å². The van der Waals surface area contributed by atoms with Crippen LogP contribution in [0.3, 0.4) is 0 Å². The number of aromatic carboxylic acids is 1. The quantitative estimate of drug-likeness (QED) is 0.360. The number of hydrogen-bond acceptors (Lipinski definition) is 6. The summed E-state index contributed by atoms with van der Waals surface area (Å²) in [6, 6.07) is 14.9. The van der Waals surface area contributed by atoms with Crippen LogP contribution in [0.1, 0.15) is 36.6 Å². The smallest absolute Gasteiger partial charge is 0.335 e. The topological polar surface area (TPSA) is 140 Å². The Balaban J connectivity index is 1.89. The Bertz CT molecular complexity index is 1270. The molecule has 0 atom stereocenters. The van der Waals surface area contributed by atoms with Gasteiger partial charge in [0, 0.05) is 16.7 Å². The SMILES string of the molecule is COc1ccc(C(=O)Nc2ccc(C(=O)O)cc2NC(=O)c2ccc(C(N)=S)cc2)cc1OC. The van der Waals surface area contributed by atoms with Crippen molar-refractivity contribution < 1.29 is 29.0 Å². The first-order valence-corrected chi connectivity index (χ1v) is 10.3. The summed E-state index contributed by atoms with van der Waals surface area (Å²) >= 11 is 4.91. The maximum atomic E-state index is 12.8. The van der Waals surface area contributed by atoms with E-state index in [0.29, 0.717) is 17.1 Å². The van der Waals surface area contributed by atoms with E-state index in [1.807, 2.05) is 0 Å². The lowest BCUT2D eigenvalue weighted by atomic mass is 10.1. The van der Waals surface area contributed by atoms with E-state index in [1.54, 1.807) is 24.3 Å². The molecule has 0 aromatic heterocycles. The van der Waals surface area contributed by atoms with Gasteiger partial charge in [0.25, 0.3) is 11.8 Å². The van der Waals surface area contributed by atoms with Gasteiger partial charge in [-0.1, -0.05) is 24.4 Å². The Morgan fingerprint density at radius 2 is 1.26 bits per heavy atom. The fourth-order valence-electron chi connectivity index (χ4n) is 3.04. The van der Waals surface area contributed by atoms with Crippen molar-refractivity contribution in [3.05, 3.63) is 82.9 Å². The lowest BCUT2D eigenvalue weighted by molar-refractivity contribution is 0.0696. The van der Waals surface area contributed by atoms with Gasteiger partial charge in [0.1, 0.15) is 4.99 Å². The molecule has 3 aromatic rings. The molecule has 9 nitrogen and oxygen atoms in total. The number of amides is 2. The van der Waals surface area contributed by atoms with Crippen LogP contribution in [0.25, 0.3) is 0 Å². The molecule has 0 radical (unpaired) electrons. The van der Waals surface area contributed by atoms with E-state index < -0.39 is 17.8 Å². The fourth-order valence-corrected chi connectivity index (χ4v) is 3.18. The van der Waals surface area contributed by atoms with Gasteiger partial charge < -0.3 is 30.9 Å². The summed E-state index contributed by atoms with van der Waals surface area (Å²) in [5, 5.41) is 14.7. The summed E-state index contributed by atoms with van der Waals surface area (Å²) in [6.45, 7) is 0. The summed E-state index contributed by atoms with van der Waals surface area (Å²) in [6.07, 6.45) is 0. The van der Waals surface area contributed by atoms with E-state index >= 15 is 0 Å². The zero-order chi connectivity index (χ0) is 24.8. The molecular weight excluding hydrogens is 458 g/mol. The number of carboxylic acid groups (broad SMARTS) is 1. The second kappa shape index (κ2) is 10.5. The highest BCUT2D eigenvalue weighted by Gasteiger charge is 2.17. The maximum absolute atomic E-state index is 12.8. The number of thiocarbonyl (C=S) groups is 1. The zero-order valence-electron chi connectivity index (χ0n) is 18.2. The van der Waals surface area contributed by atoms with Gasteiger partial charge in [-0.25, -0.2) is 4.79 Å². The molecule has 0 aliphatic carbocycles. The average Bonchev–Trinajstić information content (AvgIpc) is 2.84. The number of hydrogen-bond donors (Lipinski definition) is 4. The molecule has 0 heterocycles. The monoisotopic (exact) mass is 479 g/mol. The molecule has 0 spiro atoms. The highest BCUT2D eigenvalue weighted by molar-refractivity contribution is 7.80. The number of nitrogens with two attached hydrogens (primary N) is 1. The minimum Gasteiger partial charge on any atom is -0.493 e. The van der Waals surface area contributed by atoms with E-state index in [2.05, 4.69) is 10.6 Å². The molecule has 3 rings (SSSR count). The molecule has 0 bridgehead atoms. The Hall–Kier alpha value is -4.44. The molecule has 3 aromatic carbocycles. The molecule has 0 aliphatic heterocycles. The van der Waals surface area contributed by atoms with Gasteiger partial charge in [0.2, 0.25) is 0 Å². The largest absolute Gasteiger partial charge is 0.493 e. The second-order valence-electron chi connectivity index (χ2n) is 6.99. The molecule has 0 saturated carbocycles. The normalized spacial score (nSPS) is 10.2. The molecule has 10 heteroatoms. The first-order valence-electron chi connectivity index (χ1n) is 9.85. The number of carbonyl (C=O) groups excluding carboxylic acids is 2. The summed E-state index contributed by atoms with van der Waals surface area (Å²) in [4.78, 5) is 37.3. The van der Waals surface area contributed by atoms with Crippen LogP contribution in [0, 0.1) is 0 Å². The molecule has 174 valence electrons. The molecular formula is C24H21N3O6S. The first kappa shape index (κ1) is 24.2. The van der Waals surface area contributed by atoms with Crippen molar-refractivity contribution in [3.8, 4) is 11.5 Å². The van der Waals surface area contributed by atoms with Gasteiger partial charge in [-0.3, -0.25) is 9.59 Å². The van der Waals surface area contributed by atoms with Crippen molar-refractivity contribution >= 4 is 46.4 Å². The van der Waals surface area contributed by atoms with Crippen LogP contribution in [-0.2, 0) is 0 Å². The van der Waals surface area contributed by atoms with Crippen LogP contribution < -0.4 is 25.8 Å². The van der Waals surface area contributed by atoms with E-state index in [9.17, 15) is 19.5 Å². The number of anilines is 2. The Morgan fingerprint density at radius 3 is 1.85 bits per heavy atom. The predicted molar refractivity (Wildman–Crippen MR) is 131 cm³/mol. The van der Waals surface area contributed by atoms with Crippen LogP contribution in [-0.4, -0.2) is 42.1 Å². The number of carboxylic acids is 1. The van der Waals surface area contributed by atoms with Crippen molar-refractivity contribution in [2.24, 2.45) is 5.73 Å². The van der Waals surface area contributed by atoms with Crippen LogP contribution >= 0.6 is 12.2 Å². The van der Waals surface area contributed by atoms with E-state index in [0.717, 1.165) is 0 Å². The molecule has 0 fully saturated rings. The average molecular weight is 480 g/mol. The Morgan fingerprint density at radius 1 is 0.735 bits per heavy atom. The molecule has 5 N–H and O–H groups in total. The molecule has 0 unspecified atom stereocenters. The third-order valence-corrected chi connectivity index (χ3v) is 5.08. The van der Waals surface area contributed by atoms with Crippen LogP contribution in [0.2, 0.25) is 0 Å². The van der Waals surface area contributed by atoms with Gasteiger partial charge in [0.05, 0.1) is 31.2 Å². The third-order valence-electron chi connectivity index (χ3n) is 4.84. The standard InChI is InChI=1S/C24H21N3O6S/c1-32-19-10-8-15(12-20(19)33-2)23(29)26-17-9-7-16(24(30)31)11-18(17)27-22(28)14-5-3-13(4-6-14)21(25)34/h3-12H,1-2H3,(H2,25,34)(H,26,29)(H,27,28)(H,30,31). The van der Waals surface area contributed by atoms with Gasteiger partial charge in [-0.2, -0.15) is 0 Å². The predicted octanol–water partition coefficient (Wildman–Crippen LogP) is 3.54. The number of nitrogens with one attached hydrogen (secondary N) is 2. The number of ether oxygens (including phenoxy) is 2. The van der Waals surface area contributed by atoms with E-state index in [1.165, 1.54) is 50.6 Å². The highest BCUT2D eigenvalue weighted by atomic mass is 32.1. The summed E-state index contributed by atoms with van der Waals surface area (Å²) in [5.74, 6) is -1.38. The van der Waals surface area contributed by atoms with E-state index in [4.69, 9.17) is 27.4 Å². The zero-order valence-corrected chi connectivity index (χ0v) is 19.1. The highest BCUT2D eigenvalue weighted by Crippen LogP contribution is 2.29. The van der Waals surface area contributed by atoms with Crippen molar-refractivity contribution in [1.29, 1.82) is 0 Å². The molecule has 34 heavy (non-hydrogen) atoms. The van der Waals surface area contributed by atoms with Crippen molar-refractivity contribution in [3.63, 3.8) is 0 Å². The fraction of sp³-hybridized carbons (Fsp3) is 0.0833. The first-order chi connectivity index (χ1) is 16.2. The molecule has 0 saturated heterocycles. The molecule has 2 amide bonds. The minimum atomic E-state index is -1.19. The van der Waals surface area contributed by atoms with Crippen LogP contribution in [0.15, 0.2) is 60.7 Å². The lowest BCUT2D eigenvalue weighted by Gasteiger charge is -2.14. The van der Waals surface area contributed by atoms with Crippen molar-refractivity contribution in [2.45, 2.75) is 0 Å². The summed E-state index contributed by atoms with van der Waals surface area (Å²) in [5.41, 5.74) is 6.98. The number of rotatable bonds is 8. The Labute approximate surface area is 200 Å². The lowest BCUT2D eigenvalue weighted by Crippen LogP contribution is -2.18. The van der Waals surface area contributed by atoms with E-state index in [-0.39, 0.29) is 33.1 Å². The van der Waals surface area contributed by atoms with Crippen molar-refractivity contribution in [2.75, 3.05) is 24.9 Å². The third kappa shape index (κ3) is 5.48. The van der Waals surface area contributed by atoms with Gasteiger partial charge >= 0.3 is 5.97 Å². The molecule has 0 aliphatic rings. The van der Waals surface area contributed by atoms with Gasteiger partial charge in [0.15, 0.2) is 11.5 Å². The summed E-state index contributed by atoms with van der Waals surface area (Å²) in [7, 11) is 2.93.